The zero-order valence-electron chi connectivity index (χ0n) is 11.4. The number of nitro groups is 1. The third-order valence-corrected chi connectivity index (χ3v) is 3.47. The van der Waals surface area contributed by atoms with Crippen molar-refractivity contribution >= 4 is 23.4 Å². The summed E-state index contributed by atoms with van der Waals surface area (Å²) in [6, 6.07) is 0.816. The van der Waals surface area contributed by atoms with E-state index in [9.17, 15) is 28.8 Å². The van der Waals surface area contributed by atoms with E-state index in [0.717, 1.165) is 0 Å². The molecule has 0 aliphatic rings. The van der Waals surface area contributed by atoms with Crippen LogP contribution in [0, 0.1) is 21.7 Å². The summed E-state index contributed by atoms with van der Waals surface area (Å²) in [6.45, 7) is 1.31. The Morgan fingerprint density at radius 3 is 2.62 bits per heavy atom. The van der Waals surface area contributed by atoms with Gasteiger partial charge in [-0.2, -0.15) is 16.2 Å². The number of nitro benzene ring substituents is 1. The van der Waals surface area contributed by atoms with E-state index in [4.69, 9.17) is 0 Å². The number of rotatable bonds is 6. The third kappa shape index (κ3) is 4.64. The number of hydrogen-bond donors (Lipinski definition) is 2. The number of carbonyl (C=O) groups is 1. The van der Waals surface area contributed by atoms with Gasteiger partial charge in [-0.05, 0) is 13.2 Å². The molecule has 116 valence electrons. The second-order valence-corrected chi connectivity index (χ2v) is 5.52. The number of halogens is 2. The third-order valence-electron chi connectivity index (χ3n) is 2.56. The molecule has 0 aliphatic heterocycles. The molecule has 0 aliphatic carbocycles. The van der Waals surface area contributed by atoms with Crippen LogP contribution in [0.15, 0.2) is 12.1 Å². The van der Waals surface area contributed by atoms with Crippen molar-refractivity contribution in [1.29, 1.82) is 0 Å². The van der Waals surface area contributed by atoms with Crippen molar-refractivity contribution < 1.29 is 23.6 Å². The fraction of sp³-hybridized carbons (Fsp3) is 0.417. The van der Waals surface area contributed by atoms with E-state index in [-0.39, 0.29) is 12.6 Å². The zero-order chi connectivity index (χ0) is 16.2. The van der Waals surface area contributed by atoms with Crippen LogP contribution >= 0.6 is 11.8 Å². The number of hydrogen-bond acceptors (Lipinski definition) is 5. The molecule has 0 heterocycles. The van der Waals surface area contributed by atoms with E-state index >= 15 is 0 Å². The van der Waals surface area contributed by atoms with Gasteiger partial charge in [0.15, 0.2) is 0 Å². The number of nitrogens with zero attached hydrogens (tertiary/aromatic N) is 1. The van der Waals surface area contributed by atoms with Gasteiger partial charge in [-0.3, -0.25) is 14.9 Å². The molecule has 2 N–H and O–H groups in total. The fourth-order valence-electron chi connectivity index (χ4n) is 1.58. The number of carbonyl (C=O) groups excluding carboxylic acids is 1. The van der Waals surface area contributed by atoms with E-state index in [0.29, 0.717) is 11.8 Å². The summed E-state index contributed by atoms with van der Waals surface area (Å²) in [4.78, 5) is 21.3. The van der Waals surface area contributed by atoms with E-state index in [1.165, 1.54) is 18.7 Å². The van der Waals surface area contributed by atoms with Crippen molar-refractivity contribution in [3.63, 3.8) is 0 Å². The van der Waals surface area contributed by atoms with Gasteiger partial charge >= 0.3 is 5.69 Å². The SMILES string of the molecule is CSCC(C)(O)CNC(=O)c1cc([N+](=O)[O-])c(F)cc1F. The maximum atomic E-state index is 13.5. The number of benzene rings is 1. The Kier molecular flexibility index (Phi) is 5.62. The van der Waals surface area contributed by atoms with Gasteiger partial charge in [0, 0.05) is 24.4 Å². The topological polar surface area (TPSA) is 92.5 Å². The first-order valence-electron chi connectivity index (χ1n) is 5.81. The molecule has 0 spiro atoms. The minimum atomic E-state index is -1.36. The highest BCUT2D eigenvalue weighted by atomic mass is 32.2. The summed E-state index contributed by atoms with van der Waals surface area (Å²) in [5.41, 5.74) is -2.85. The van der Waals surface area contributed by atoms with E-state index in [2.05, 4.69) is 5.32 Å². The maximum Gasteiger partial charge on any atom is 0.305 e. The van der Waals surface area contributed by atoms with Crippen molar-refractivity contribution in [2.24, 2.45) is 0 Å². The molecular weight excluding hydrogens is 306 g/mol. The first-order valence-corrected chi connectivity index (χ1v) is 7.20. The Morgan fingerprint density at radius 1 is 1.48 bits per heavy atom. The molecule has 0 saturated carbocycles. The predicted octanol–water partition coefficient (Wildman–Crippen LogP) is 1.72. The number of amides is 1. The summed E-state index contributed by atoms with van der Waals surface area (Å²) in [5, 5.41) is 22.7. The van der Waals surface area contributed by atoms with Crippen LogP contribution in [0.3, 0.4) is 0 Å². The van der Waals surface area contributed by atoms with Crippen molar-refractivity contribution in [2.45, 2.75) is 12.5 Å². The van der Waals surface area contributed by atoms with Crippen LogP contribution in [0.25, 0.3) is 0 Å². The van der Waals surface area contributed by atoms with Gasteiger partial charge in [0.1, 0.15) is 5.82 Å². The molecule has 1 unspecified atom stereocenters. The zero-order valence-corrected chi connectivity index (χ0v) is 12.2. The summed E-state index contributed by atoms with van der Waals surface area (Å²) in [6.07, 6.45) is 1.76. The second kappa shape index (κ2) is 6.81. The highest BCUT2D eigenvalue weighted by molar-refractivity contribution is 7.98. The quantitative estimate of drug-likeness (QED) is 0.615. The van der Waals surface area contributed by atoms with E-state index < -0.39 is 39.3 Å². The summed E-state index contributed by atoms with van der Waals surface area (Å²) < 4.78 is 26.7. The van der Waals surface area contributed by atoms with Crippen LogP contribution in [-0.4, -0.2) is 40.1 Å². The van der Waals surface area contributed by atoms with Gasteiger partial charge < -0.3 is 10.4 Å². The first kappa shape index (κ1) is 17.3. The molecule has 1 aromatic rings. The lowest BCUT2D eigenvalue weighted by atomic mass is 10.1. The van der Waals surface area contributed by atoms with Gasteiger partial charge in [0.05, 0.1) is 16.1 Å². The van der Waals surface area contributed by atoms with Crippen LogP contribution in [0.2, 0.25) is 0 Å². The van der Waals surface area contributed by atoms with Crippen LogP contribution < -0.4 is 5.32 Å². The Labute approximate surface area is 123 Å². The Balaban J connectivity index is 2.93. The summed E-state index contributed by atoms with van der Waals surface area (Å²) >= 11 is 1.35. The fourth-order valence-corrected chi connectivity index (χ4v) is 2.30. The normalized spacial score (nSPS) is 13.6. The molecule has 1 aromatic carbocycles. The molecule has 9 heteroatoms. The molecule has 21 heavy (non-hydrogen) atoms. The molecule has 1 amide bonds. The summed E-state index contributed by atoms with van der Waals surface area (Å²) in [5.74, 6) is -3.19. The molecule has 0 bridgehead atoms. The smallest absolute Gasteiger partial charge is 0.305 e. The van der Waals surface area contributed by atoms with Crippen LogP contribution in [-0.2, 0) is 0 Å². The molecule has 0 saturated heterocycles. The van der Waals surface area contributed by atoms with Crippen molar-refractivity contribution in [3.05, 3.63) is 39.4 Å². The number of thioether (sulfide) groups is 1. The lowest BCUT2D eigenvalue weighted by Crippen LogP contribution is -2.42. The number of aliphatic hydroxyl groups is 1. The van der Waals surface area contributed by atoms with Crippen LogP contribution in [0.5, 0.6) is 0 Å². The number of nitrogens with one attached hydrogen (secondary N) is 1. The van der Waals surface area contributed by atoms with Gasteiger partial charge in [-0.15, -0.1) is 0 Å². The van der Waals surface area contributed by atoms with Crippen LogP contribution in [0.1, 0.15) is 17.3 Å². The summed E-state index contributed by atoms with van der Waals surface area (Å²) in [7, 11) is 0. The van der Waals surface area contributed by atoms with Gasteiger partial charge in [0.25, 0.3) is 5.91 Å². The largest absolute Gasteiger partial charge is 0.387 e. The van der Waals surface area contributed by atoms with Gasteiger partial charge in [-0.25, -0.2) is 4.39 Å². The monoisotopic (exact) mass is 320 g/mol. The van der Waals surface area contributed by atoms with Crippen molar-refractivity contribution in [2.75, 3.05) is 18.6 Å². The average molecular weight is 320 g/mol. The lowest BCUT2D eigenvalue weighted by molar-refractivity contribution is -0.387. The molecule has 0 radical (unpaired) electrons. The Bertz CT molecular complexity index is 566. The maximum absolute atomic E-state index is 13.5. The Morgan fingerprint density at radius 2 is 2.10 bits per heavy atom. The standard InChI is InChI=1S/C12H14F2N2O4S/c1-12(18,6-21-2)5-15-11(17)7-3-10(16(19)20)9(14)4-8(7)13/h3-4,18H,5-6H2,1-2H3,(H,15,17). The molecule has 6 nitrogen and oxygen atoms in total. The molecular formula is C12H14F2N2O4S. The highest BCUT2D eigenvalue weighted by Gasteiger charge is 2.25. The van der Waals surface area contributed by atoms with E-state index in [1.54, 1.807) is 6.26 Å². The highest BCUT2D eigenvalue weighted by Crippen LogP contribution is 2.21. The molecule has 0 fully saturated rings. The van der Waals surface area contributed by atoms with Crippen molar-refractivity contribution in [3.8, 4) is 0 Å². The average Bonchev–Trinajstić information content (AvgIpc) is 2.35. The van der Waals surface area contributed by atoms with E-state index in [1.807, 2.05) is 0 Å². The molecule has 1 atom stereocenters. The van der Waals surface area contributed by atoms with Crippen molar-refractivity contribution in [1.82, 2.24) is 5.32 Å². The van der Waals surface area contributed by atoms with Crippen LogP contribution in [0.4, 0.5) is 14.5 Å². The minimum Gasteiger partial charge on any atom is -0.387 e. The first-order chi connectivity index (χ1) is 9.68. The lowest BCUT2D eigenvalue weighted by Gasteiger charge is -2.22. The molecule has 0 aromatic heterocycles. The Hall–Kier alpha value is -1.74. The molecule has 1 rings (SSSR count). The predicted molar refractivity (Wildman–Crippen MR) is 74.4 cm³/mol. The second-order valence-electron chi connectivity index (χ2n) is 4.65. The van der Waals surface area contributed by atoms with Gasteiger partial charge in [-0.1, -0.05) is 0 Å². The minimum absolute atomic E-state index is 0.169. The van der Waals surface area contributed by atoms with Gasteiger partial charge in [0.2, 0.25) is 5.82 Å².